The zero-order valence-electron chi connectivity index (χ0n) is 19.8. The number of anilines is 1. The van der Waals surface area contributed by atoms with E-state index in [1.54, 1.807) is 50.2 Å². The minimum Gasteiger partial charge on any atom is -0.354 e. The zero-order valence-corrected chi connectivity index (χ0v) is 21.3. The van der Waals surface area contributed by atoms with Gasteiger partial charge in [-0.2, -0.15) is 0 Å². The van der Waals surface area contributed by atoms with E-state index in [0.29, 0.717) is 17.3 Å². The van der Waals surface area contributed by atoms with E-state index < -0.39 is 28.5 Å². The van der Waals surface area contributed by atoms with Gasteiger partial charge in [-0.15, -0.1) is 0 Å². The molecule has 2 aromatic carbocycles. The first-order chi connectivity index (χ1) is 15.4. The molecule has 0 bridgehead atoms. The fraction of sp³-hybridized carbons (Fsp3) is 0.417. The molecule has 2 aromatic rings. The van der Waals surface area contributed by atoms with Crippen LogP contribution in [0, 0.1) is 13.8 Å². The number of hydrogen-bond acceptors (Lipinski definition) is 4. The van der Waals surface area contributed by atoms with Crippen molar-refractivity contribution >= 4 is 39.1 Å². The molecular formula is C24H32ClN3O4S. The summed E-state index contributed by atoms with van der Waals surface area (Å²) in [5, 5.41) is 3.37. The van der Waals surface area contributed by atoms with Gasteiger partial charge < -0.3 is 10.2 Å². The Kier molecular flexibility index (Phi) is 9.31. The van der Waals surface area contributed by atoms with Gasteiger partial charge in [-0.3, -0.25) is 13.9 Å². The maximum atomic E-state index is 13.5. The Labute approximate surface area is 201 Å². The number of halogens is 1. The second-order valence-electron chi connectivity index (χ2n) is 8.17. The largest absolute Gasteiger partial charge is 0.354 e. The van der Waals surface area contributed by atoms with Crippen LogP contribution in [-0.4, -0.2) is 50.5 Å². The quantitative estimate of drug-likeness (QED) is 0.547. The molecule has 2 amide bonds. The number of hydrogen-bond donors (Lipinski definition) is 1. The van der Waals surface area contributed by atoms with Crippen LogP contribution in [-0.2, 0) is 26.2 Å². The van der Waals surface area contributed by atoms with Crippen LogP contribution in [0.2, 0.25) is 5.02 Å². The van der Waals surface area contributed by atoms with Gasteiger partial charge in [0.05, 0.1) is 11.9 Å². The Hall–Kier alpha value is -2.58. The Morgan fingerprint density at radius 3 is 2.27 bits per heavy atom. The van der Waals surface area contributed by atoms with Gasteiger partial charge in [0.2, 0.25) is 21.8 Å². The van der Waals surface area contributed by atoms with E-state index >= 15 is 0 Å². The Bertz CT molecular complexity index is 1090. The van der Waals surface area contributed by atoms with Crippen LogP contribution in [0.25, 0.3) is 0 Å². The van der Waals surface area contributed by atoms with Gasteiger partial charge in [-0.25, -0.2) is 8.42 Å². The third kappa shape index (κ3) is 7.47. The summed E-state index contributed by atoms with van der Waals surface area (Å²) in [4.78, 5) is 27.5. The van der Waals surface area contributed by atoms with Crippen molar-refractivity contribution < 1.29 is 18.0 Å². The van der Waals surface area contributed by atoms with E-state index in [0.717, 1.165) is 33.7 Å². The first-order valence-corrected chi connectivity index (χ1v) is 13.0. The van der Waals surface area contributed by atoms with Crippen molar-refractivity contribution in [1.82, 2.24) is 10.2 Å². The standard InChI is InChI=1S/C24H32ClN3O4S/c1-6-13-26-24(30)19(4)27(15-20-8-10-21(25)11-9-20)23(29)16-28(33(5,31)32)22-12-7-17(2)14-18(22)3/h7-12,14,19H,6,13,15-16H2,1-5H3,(H,26,30). The molecule has 0 saturated carbocycles. The van der Waals surface area contributed by atoms with Crippen LogP contribution in [0.3, 0.4) is 0 Å². The van der Waals surface area contributed by atoms with Crippen molar-refractivity contribution in [1.29, 1.82) is 0 Å². The number of rotatable bonds is 10. The number of carbonyl (C=O) groups excluding carboxylic acids is 2. The fourth-order valence-corrected chi connectivity index (χ4v) is 4.48. The Morgan fingerprint density at radius 2 is 1.73 bits per heavy atom. The van der Waals surface area contributed by atoms with Gasteiger partial charge in [0.25, 0.3) is 0 Å². The summed E-state index contributed by atoms with van der Waals surface area (Å²) in [7, 11) is -3.75. The summed E-state index contributed by atoms with van der Waals surface area (Å²) in [6, 6.07) is 11.5. The molecule has 180 valence electrons. The highest BCUT2D eigenvalue weighted by atomic mass is 35.5. The lowest BCUT2D eigenvalue weighted by atomic mass is 10.1. The molecule has 1 N–H and O–H groups in total. The first kappa shape index (κ1) is 26.7. The van der Waals surface area contributed by atoms with Crippen molar-refractivity contribution in [2.75, 3.05) is 23.7 Å². The summed E-state index contributed by atoms with van der Waals surface area (Å²) in [5.41, 5.74) is 2.94. The molecule has 1 unspecified atom stereocenters. The Balaban J connectivity index is 2.39. The van der Waals surface area contributed by atoms with E-state index in [1.165, 1.54) is 4.90 Å². The number of sulfonamides is 1. The normalized spacial score (nSPS) is 12.2. The number of aryl methyl sites for hydroxylation is 2. The van der Waals surface area contributed by atoms with E-state index in [2.05, 4.69) is 5.32 Å². The molecule has 7 nitrogen and oxygen atoms in total. The third-order valence-electron chi connectivity index (χ3n) is 5.28. The van der Waals surface area contributed by atoms with Crippen LogP contribution in [0.4, 0.5) is 5.69 Å². The fourth-order valence-electron chi connectivity index (χ4n) is 3.45. The second kappa shape index (κ2) is 11.5. The molecule has 33 heavy (non-hydrogen) atoms. The van der Waals surface area contributed by atoms with Gasteiger partial charge in [-0.05, 0) is 56.5 Å². The molecule has 0 fully saturated rings. The first-order valence-electron chi connectivity index (χ1n) is 10.8. The lowest BCUT2D eigenvalue weighted by molar-refractivity contribution is -0.139. The topological polar surface area (TPSA) is 86.8 Å². The van der Waals surface area contributed by atoms with Gasteiger partial charge >= 0.3 is 0 Å². The van der Waals surface area contributed by atoms with Crippen molar-refractivity contribution in [2.45, 2.75) is 46.7 Å². The van der Waals surface area contributed by atoms with Crippen molar-refractivity contribution in [3.8, 4) is 0 Å². The number of nitrogens with one attached hydrogen (secondary N) is 1. The van der Waals surface area contributed by atoms with E-state index in [1.807, 2.05) is 19.9 Å². The molecule has 0 aliphatic heterocycles. The monoisotopic (exact) mass is 493 g/mol. The van der Waals surface area contributed by atoms with E-state index in [9.17, 15) is 18.0 Å². The third-order valence-corrected chi connectivity index (χ3v) is 6.66. The van der Waals surface area contributed by atoms with Crippen molar-refractivity contribution in [3.05, 3.63) is 64.2 Å². The van der Waals surface area contributed by atoms with Crippen LogP contribution in [0.15, 0.2) is 42.5 Å². The zero-order chi connectivity index (χ0) is 24.8. The van der Waals surface area contributed by atoms with Crippen molar-refractivity contribution in [3.63, 3.8) is 0 Å². The van der Waals surface area contributed by atoms with Crippen LogP contribution < -0.4 is 9.62 Å². The van der Waals surface area contributed by atoms with Crippen LogP contribution in [0.5, 0.6) is 0 Å². The van der Waals surface area contributed by atoms with Gasteiger partial charge in [0.15, 0.2) is 0 Å². The van der Waals surface area contributed by atoms with Crippen LogP contribution in [0.1, 0.15) is 37.0 Å². The predicted octanol–water partition coefficient (Wildman–Crippen LogP) is 3.67. The predicted molar refractivity (Wildman–Crippen MR) is 133 cm³/mol. The summed E-state index contributed by atoms with van der Waals surface area (Å²) in [5.74, 6) is -0.772. The maximum absolute atomic E-state index is 13.5. The molecular weight excluding hydrogens is 462 g/mol. The van der Waals surface area contributed by atoms with Gasteiger partial charge in [0, 0.05) is 18.1 Å². The molecule has 2 rings (SSSR count). The minimum absolute atomic E-state index is 0.140. The van der Waals surface area contributed by atoms with Crippen molar-refractivity contribution in [2.24, 2.45) is 0 Å². The molecule has 0 aromatic heterocycles. The Morgan fingerprint density at radius 1 is 1.09 bits per heavy atom. The average molecular weight is 494 g/mol. The van der Waals surface area contributed by atoms with Crippen LogP contribution >= 0.6 is 11.6 Å². The lowest BCUT2D eigenvalue weighted by Gasteiger charge is -2.32. The number of benzene rings is 2. The highest BCUT2D eigenvalue weighted by Crippen LogP contribution is 2.24. The lowest BCUT2D eigenvalue weighted by Crippen LogP contribution is -2.51. The summed E-state index contributed by atoms with van der Waals surface area (Å²) in [6.45, 7) is 7.51. The number of amides is 2. The highest BCUT2D eigenvalue weighted by Gasteiger charge is 2.30. The van der Waals surface area contributed by atoms with Gasteiger partial charge in [0.1, 0.15) is 12.6 Å². The summed E-state index contributed by atoms with van der Waals surface area (Å²) in [6.07, 6.45) is 1.83. The maximum Gasteiger partial charge on any atom is 0.244 e. The summed E-state index contributed by atoms with van der Waals surface area (Å²) < 4.78 is 26.4. The molecule has 0 saturated heterocycles. The van der Waals surface area contributed by atoms with E-state index in [-0.39, 0.29) is 12.5 Å². The average Bonchev–Trinajstić information content (AvgIpc) is 2.74. The molecule has 0 aliphatic rings. The molecule has 0 aliphatic carbocycles. The number of carbonyl (C=O) groups is 2. The molecule has 1 atom stereocenters. The number of nitrogens with zero attached hydrogens (tertiary/aromatic N) is 2. The smallest absolute Gasteiger partial charge is 0.244 e. The van der Waals surface area contributed by atoms with Gasteiger partial charge in [-0.1, -0.05) is 48.4 Å². The minimum atomic E-state index is -3.75. The molecule has 0 radical (unpaired) electrons. The molecule has 9 heteroatoms. The SMILES string of the molecule is CCCNC(=O)C(C)N(Cc1ccc(Cl)cc1)C(=O)CN(c1ccc(C)cc1C)S(C)(=O)=O. The molecule has 0 spiro atoms. The second-order valence-corrected chi connectivity index (χ2v) is 10.5. The highest BCUT2D eigenvalue weighted by molar-refractivity contribution is 7.92. The molecule has 0 heterocycles. The summed E-state index contributed by atoms with van der Waals surface area (Å²) >= 11 is 5.98. The van der Waals surface area contributed by atoms with E-state index in [4.69, 9.17) is 11.6 Å².